The largest absolute Gasteiger partial charge is 0.481 e. The maximum absolute atomic E-state index is 10.8. The Bertz CT molecular complexity index is 419. The maximum Gasteiger partial charge on any atom is 0.307 e. The highest BCUT2D eigenvalue weighted by atomic mass is 16.5. The summed E-state index contributed by atoms with van der Waals surface area (Å²) >= 11 is 0. The quantitative estimate of drug-likeness (QED) is 0.879. The number of nitrogens with zero attached hydrogens (tertiary/aromatic N) is 1. The molecule has 0 aliphatic carbocycles. The Morgan fingerprint density at radius 1 is 1.44 bits per heavy atom. The molecule has 1 N–H and O–H groups in total. The van der Waals surface area contributed by atoms with E-state index in [0.29, 0.717) is 6.04 Å². The minimum absolute atomic E-state index is 0.0922. The lowest BCUT2D eigenvalue weighted by Gasteiger charge is -2.33. The Labute approximate surface area is 107 Å². The van der Waals surface area contributed by atoms with Crippen molar-refractivity contribution in [2.45, 2.75) is 25.9 Å². The number of hydrogen-bond acceptors (Lipinski definition) is 3. The highest BCUT2D eigenvalue weighted by molar-refractivity contribution is 5.70. The van der Waals surface area contributed by atoms with Crippen LogP contribution in [0.3, 0.4) is 0 Å². The number of rotatable bonds is 4. The number of ether oxygens (including phenoxy) is 1. The Morgan fingerprint density at radius 3 is 2.83 bits per heavy atom. The molecule has 18 heavy (non-hydrogen) atoms. The van der Waals surface area contributed by atoms with Crippen molar-refractivity contribution in [2.75, 3.05) is 19.8 Å². The van der Waals surface area contributed by atoms with Crippen LogP contribution in [0, 0.1) is 0 Å². The van der Waals surface area contributed by atoms with Crippen molar-refractivity contribution in [3.63, 3.8) is 0 Å². The van der Waals surface area contributed by atoms with Gasteiger partial charge in [-0.05, 0) is 18.1 Å². The summed E-state index contributed by atoms with van der Waals surface area (Å²) in [4.78, 5) is 13.2. The van der Waals surface area contributed by atoms with Gasteiger partial charge in [0.25, 0.3) is 0 Å². The molecule has 1 aliphatic rings. The first-order chi connectivity index (χ1) is 8.66. The van der Waals surface area contributed by atoms with E-state index in [-0.39, 0.29) is 6.42 Å². The molecule has 1 saturated heterocycles. The minimum Gasteiger partial charge on any atom is -0.481 e. The Morgan fingerprint density at radius 2 is 2.17 bits per heavy atom. The van der Waals surface area contributed by atoms with Gasteiger partial charge in [0.2, 0.25) is 0 Å². The molecule has 0 bridgehead atoms. The van der Waals surface area contributed by atoms with Crippen LogP contribution in [0.5, 0.6) is 0 Å². The SMILES string of the molecule is CC1COCCN1Cc1ccccc1CC(=O)O. The van der Waals surface area contributed by atoms with Gasteiger partial charge in [-0.25, -0.2) is 0 Å². The molecule has 0 spiro atoms. The van der Waals surface area contributed by atoms with E-state index < -0.39 is 5.97 Å². The fraction of sp³-hybridized carbons (Fsp3) is 0.500. The zero-order valence-corrected chi connectivity index (χ0v) is 10.6. The van der Waals surface area contributed by atoms with E-state index in [1.54, 1.807) is 0 Å². The Kier molecular flexibility index (Phi) is 4.33. The smallest absolute Gasteiger partial charge is 0.307 e. The number of aliphatic carboxylic acids is 1. The summed E-state index contributed by atoms with van der Waals surface area (Å²) in [6, 6.07) is 8.15. The number of morpholine rings is 1. The van der Waals surface area contributed by atoms with Gasteiger partial charge in [0.05, 0.1) is 19.6 Å². The van der Waals surface area contributed by atoms with Gasteiger partial charge in [0.15, 0.2) is 0 Å². The van der Waals surface area contributed by atoms with Gasteiger partial charge in [-0.3, -0.25) is 9.69 Å². The first-order valence-electron chi connectivity index (χ1n) is 6.27. The van der Waals surface area contributed by atoms with E-state index >= 15 is 0 Å². The number of carboxylic acids is 1. The molecule has 1 atom stereocenters. The van der Waals surface area contributed by atoms with Gasteiger partial charge < -0.3 is 9.84 Å². The minimum atomic E-state index is -0.780. The first-order valence-corrected chi connectivity index (χ1v) is 6.27. The van der Waals surface area contributed by atoms with E-state index in [9.17, 15) is 4.79 Å². The second-order valence-electron chi connectivity index (χ2n) is 4.73. The van der Waals surface area contributed by atoms with Crippen LogP contribution in [0.2, 0.25) is 0 Å². The molecule has 4 heteroatoms. The maximum atomic E-state index is 10.8. The summed E-state index contributed by atoms with van der Waals surface area (Å²) in [5.74, 6) is -0.780. The molecule has 4 nitrogen and oxygen atoms in total. The predicted molar refractivity (Wildman–Crippen MR) is 68.5 cm³/mol. The normalized spacial score (nSPS) is 20.8. The van der Waals surface area contributed by atoms with E-state index in [1.807, 2.05) is 24.3 Å². The zero-order chi connectivity index (χ0) is 13.0. The highest BCUT2D eigenvalue weighted by Crippen LogP contribution is 2.16. The lowest BCUT2D eigenvalue weighted by molar-refractivity contribution is -0.136. The van der Waals surface area contributed by atoms with Crippen molar-refractivity contribution in [3.8, 4) is 0 Å². The van der Waals surface area contributed by atoms with Crippen molar-refractivity contribution in [1.29, 1.82) is 0 Å². The molecule has 2 rings (SSSR count). The van der Waals surface area contributed by atoms with Crippen LogP contribution in [0.4, 0.5) is 0 Å². The first kappa shape index (κ1) is 13.1. The zero-order valence-electron chi connectivity index (χ0n) is 10.6. The van der Waals surface area contributed by atoms with Gasteiger partial charge in [-0.2, -0.15) is 0 Å². The topological polar surface area (TPSA) is 49.8 Å². The van der Waals surface area contributed by atoms with E-state index in [1.165, 1.54) is 0 Å². The van der Waals surface area contributed by atoms with Crippen molar-refractivity contribution >= 4 is 5.97 Å². The molecule has 0 saturated carbocycles. The van der Waals surface area contributed by atoms with Crippen molar-refractivity contribution in [3.05, 3.63) is 35.4 Å². The molecule has 1 aliphatic heterocycles. The van der Waals surface area contributed by atoms with Crippen LogP contribution >= 0.6 is 0 Å². The van der Waals surface area contributed by atoms with E-state index in [0.717, 1.165) is 37.4 Å². The summed E-state index contributed by atoms with van der Waals surface area (Å²) in [6.07, 6.45) is 0.0922. The Hall–Kier alpha value is -1.39. The van der Waals surface area contributed by atoms with Crippen LogP contribution < -0.4 is 0 Å². The highest BCUT2D eigenvalue weighted by Gasteiger charge is 2.19. The fourth-order valence-electron chi connectivity index (χ4n) is 2.26. The van der Waals surface area contributed by atoms with Gasteiger partial charge in [0.1, 0.15) is 0 Å². The summed E-state index contributed by atoms with van der Waals surface area (Å²) in [6.45, 7) is 5.35. The molecule has 1 aromatic rings. The summed E-state index contributed by atoms with van der Waals surface area (Å²) in [5, 5.41) is 8.92. The average Bonchev–Trinajstić information content (AvgIpc) is 2.34. The molecule has 0 amide bonds. The average molecular weight is 249 g/mol. The van der Waals surface area contributed by atoms with Gasteiger partial charge >= 0.3 is 5.97 Å². The fourth-order valence-corrected chi connectivity index (χ4v) is 2.26. The number of hydrogen-bond donors (Lipinski definition) is 1. The third-order valence-electron chi connectivity index (χ3n) is 3.34. The number of benzene rings is 1. The summed E-state index contributed by atoms with van der Waals surface area (Å²) in [5.41, 5.74) is 2.01. The van der Waals surface area contributed by atoms with E-state index in [4.69, 9.17) is 9.84 Å². The molecule has 1 fully saturated rings. The van der Waals surface area contributed by atoms with Crippen LogP contribution in [0.15, 0.2) is 24.3 Å². The molecule has 1 aromatic carbocycles. The lowest BCUT2D eigenvalue weighted by Crippen LogP contribution is -2.43. The van der Waals surface area contributed by atoms with Crippen molar-refractivity contribution < 1.29 is 14.6 Å². The van der Waals surface area contributed by atoms with Crippen LogP contribution in [-0.4, -0.2) is 41.8 Å². The lowest BCUT2D eigenvalue weighted by atomic mass is 10.0. The molecule has 1 heterocycles. The third-order valence-corrected chi connectivity index (χ3v) is 3.34. The third kappa shape index (κ3) is 3.31. The molecule has 0 aromatic heterocycles. The second kappa shape index (κ2) is 5.98. The molecular formula is C14H19NO3. The van der Waals surface area contributed by atoms with Crippen LogP contribution in [-0.2, 0) is 22.5 Å². The van der Waals surface area contributed by atoms with Gasteiger partial charge in [0, 0.05) is 19.1 Å². The molecule has 98 valence electrons. The molecule has 1 unspecified atom stereocenters. The standard InChI is InChI=1S/C14H19NO3/c1-11-10-18-7-6-15(11)9-13-5-3-2-4-12(13)8-14(16)17/h2-5,11H,6-10H2,1H3,(H,16,17). The van der Waals surface area contributed by atoms with Gasteiger partial charge in [-0.1, -0.05) is 24.3 Å². The van der Waals surface area contributed by atoms with Gasteiger partial charge in [-0.15, -0.1) is 0 Å². The summed E-state index contributed by atoms with van der Waals surface area (Å²) < 4.78 is 5.41. The number of carboxylic acid groups (broad SMARTS) is 1. The monoisotopic (exact) mass is 249 g/mol. The van der Waals surface area contributed by atoms with Crippen LogP contribution in [0.25, 0.3) is 0 Å². The molecule has 0 radical (unpaired) electrons. The van der Waals surface area contributed by atoms with E-state index in [2.05, 4.69) is 11.8 Å². The summed E-state index contributed by atoms with van der Waals surface area (Å²) in [7, 11) is 0. The van der Waals surface area contributed by atoms with Crippen molar-refractivity contribution in [1.82, 2.24) is 4.90 Å². The predicted octanol–water partition coefficient (Wildman–Crippen LogP) is 1.53. The second-order valence-corrected chi connectivity index (χ2v) is 4.73. The molecular weight excluding hydrogens is 230 g/mol. The van der Waals surface area contributed by atoms with Crippen molar-refractivity contribution in [2.24, 2.45) is 0 Å². The number of carbonyl (C=O) groups is 1. The Balaban J connectivity index is 2.10. The van der Waals surface area contributed by atoms with Crippen LogP contribution in [0.1, 0.15) is 18.1 Å².